The molecule has 4 heteroatoms. The monoisotopic (exact) mass is 334 g/mol. The predicted molar refractivity (Wildman–Crippen MR) is 89.6 cm³/mol. The molecule has 0 aromatic heterocycles. The maximum Gasteiger partial charge on any atom is 0.201 e. The Morgan fingerprint density at radius 3 is 2.33 bits per heavy atom. The fourth-order valence-electron chi connectivity index (χ4n) is 2.49. The number of ether oxygens (including phenoxy) is 1. The Hall–Kier alpha value is -2.23. The molecule has 0 unspecified atom stereocenters. The molecule has 0 bridgehead atoms. The van der Waals surface area contributed by atoms with Gasteiger partial charge in [-0.05, 0) is 55.0 Å². The number of halogens is 3. The maximum atomic E-state index is 14.1. The Labute approximate surface area is 140 Å². The molecule has 0 heterocycles. The van der Waals surface area contributed by atoms with Crippen LogP contribution in [0.15, 0.2) is 42.7 Å². The fraction of sp³-hybridized carbons (Fsp3) is 0.300. The first-order chi connectivity index (χ1) is 11.6. The number of rotatable bonds is 7. The summed E-state index contributed by atoms with van der Waals surface area (Å²) in [6.45, 7) is 3.71. The smallest absolute Gasteiger partial charge is 0.201 e. The summed E-state index contributed by atoms with van der Waals surface area (Å²) >= 11 is 0. The van der Waals surface area contributed by atoms with Gasteiger partial charge in [0, 0.05) is 0 Å². The van der Waals surface area contributed by atoms with Crippen molar-refractivity contribution in [2.75, 3.05) is 0 Å². The van der Waals surface area contributed by atoms with Crippen LogP contribution in [-0.4, -0.2) is 0 Å². The van der Waals surface area contributed by atoms with E-state index in [1.54, 1.807) is 19.1 Å². The van der Waals surface area contributed by atoms with Crippen molar-refractivity contribution in [1.82, 2.24) is 0 Å². The molecule has 0 aliphatic rings. The van der Waals surface area contributed by atoms with Crippen molar-refractivity contribution in [1.29, 1.82) is 0 Å². The van der Waals surface area contributed by atoms with E-state index < -0.39 is 11.6 Å². The van der Waals surface area contributed by atoms with Crippen LogP contribution in [0.5, 0.6) is 5.75 Å². The summed E-state index contributed by atoms with van der Waals surface area (Å²) in [5.74, 6) is -2.31. The lowest BCUT2D eigenvalue weighted by molar-refractivity contribution is 0.411. The summed E-state index contributed by atoms with van der Waals surface area (Å²) in [7, 11) is 0. The van der Waals surface area contributed by atoms with Crippen LogP contribution < -0.4 is 4.74 Å². The molecule has 2 rings (SSSR count). The van der Waals surface area contributed by atoms with Gasteiger partial charge in [0.25, 0.3) is 0 Å². The van der Waals surface area contributed by atoms with Gasteiger partial charge in [0.2, 0.25) is 5.82 Å². The van der Waals surface area contributed by atoms with Crippen molar-refractivity contribution in [2.45, 2.75) is 39.5 Å². The van der Waals surface area contributed by atoms with Crippen LogP contribution >= 0.6 is 0 Å². The summed E-state index contributed by atoms with van der Waals surface area (Å²) in [4.78, 5) is 0. The number of hydrogen-bond donors (Lipinski definition) is 0. The van der Waals surface area contributed by atoms with Gasteiger partial charge < -0.3 is 4.74 Å². The third-order valence-corrected chi connectivity index (χ3v) is 3.78. The second-order valence-electron chi connectivity index (χ2n) is 5.61. The van der Waals surface area contributed by atoms with E-state index in [0.29, 0.717) is 24.8 Å². The molecule has 0 amide bonds. The minimum absolute atomic E-state index is 0.149. The van der Waals surface area contributed by atoms with Gasteiger partial charge >= 0.3 is 0 Å². The highest BCUT2D eigenvalue weighted by Crippen LogP contribution is 2.24. The van der Waals surface area contributed by atoms with E-state index in [4.69, 9.17) is 4.74 Å². The minimum Gasteiger partial charge on any atom is -0.462 e. The molecule has 24 heavy (non-hydrogen) atoms. The van der Waals surface area contributed by atoms with E-state index in [9.17, 15) is 13.2 Å². The molecule has 0 radical (unpaired) electrons. The van der Waals surface area contributed by atoms with Gasteiger partial charge in [-0.2, -0.15) is 4.39 Å². The summed E-state index contributed by atoms with van der Waals surface area (Å²) in [6, 6.07) is 7.98. The number of benzene rings is 2. The van der Waals surface area contributed by atoms with Crippen molar-refractivity contribution in [3.05, 3.63) is 76.8 Å². The molecule has 2 aromatic rings. The van der Waals surface area contributed by atoms with Crippen LogP contribution in [0, 0.1) is 17.5 Å². The van der Waals surface area contributed by atoms with Gasteiger partial charge in [0.1, 0.15) is 5.82 Å². The Morgan fingerprint density at radius 2 is 1.67 bits per heavy atom. The van der Waals surface area contributed by atoms with Crippen LogP contribution in [0.25, 0.3) is 0 Å². The zero-order valence-electron chi connectivity index (χ0n) is 13.9. The minimum atomic E-state index is -1.00. The third-order valence-electron chi connectivity index (χ3n) is 3.78. The van der Waals surface area contributed by atoms with Crippen molar-refractivity contribution in [3.63, 3.8) is 0 Å². The molecule has 2 aromatic carbocycles. The molecule has 0 aliphatic carbocycles. The third kappa shape index (κ3) is 4.40. The molecule has 128 valence electrons. The lowest BCUT2D eigenvalue weighted by Gasteiger charge is -2.09. The molecule has 0 N–H and O–H groups in total. The molecule has 0 saturated heterocycles. The Morgan fingerprint density at radius 1 is 0.917 bits per heavy atom. The topological polar surface area (TPSA) is 9.23 Å². The molecular formula is C20H21F3O. The van der Waals surface area contributed by atoms with E-state index in [1.807, 2.05) is 13.0 Å². The van der Waals surface area contributed by atoms with Crippen molar-refractivity contribution < 1.29 is 17.9 Å². The molecular weight excluding hydrogens is 313 g/mol. The zero-order valence-corrected chi connectivity index (χ0v) is 13.9. The molecule has 0 atom stereocenters. The van der Waals surface area contributed by atoms with Gasteiger partial charge in [0.05, 0.1) is 6.26 Å². The predicted octanol–water partition coefficient (Wildman–Crippen LogP) is 5.75. The Kier molecular flexibility index (Phi) is 6.47. The zero-order chi connectivity index (χ0) is 17.5. The molecule has 0 saturated carbocycles. The highest BCUT2D eigenvalue weighted by Gasteiger charge is 2.14. The van der Waals surface area contributed by atoms with Crippen molar-refractivity contribution >= 4 is 0 Å². The van der Waals surface area contributed by atoms with E-state index >= 15 is 0 Å². The summed E-state index contributed by atoms with van der Waals surface area (Å²) in [5, 5.41) is 0. The second-order valence-corrected chi connectivity index (χ2v) is 5.61. The highest BCUT2D eigenvalue weighted by molar-refractivity contribution is 5.33. The van der Waals surface area contributed by atoms with Crippen molar-refractivity contribution in [2.24, 2.45) is 0 Å². The first-order valence-corrected chi connectivity index (χ1v) is 8.08. The largest absolute Gasteiger partial charge is 0.462 e. The average Bonchev–Trinajstić information content (AvgIpc) is 2.57. The standard InChI is InChI=1S/C20H21F3O/c1-3-5-15-8-6-14(13-17(15)21)7-9-16-10-11-18(24-12-4-2)20(23)19(16)22/h4,6,8,10-13H,3,5,7,9H2,1-2H3/b12-4+. The number of aryl methyl sites for hydroxylation is 3. The van der Waals surface area contributed by atoms with Gasteiger partial charge in [-0.15, -0.1) is 0 Å². The summed E-state index contributed by atoms with van der Waals surface area (Å²) in [6.07, 6.45) is 5.18. The van der Waals surface area contributed by atoms with E-state index in [2.05, 4.69) is 0 Å². The fourth-order valence-corrected chi connectivity index (χ4v) is 2.49. The normalized spacial score (nSPS) is 11.2. The van der Waals surface area contributed by atoms with Crippen LogP contribution in [0.2, 0.25) is 0 Å². The lowest BCUT2D eigenvalue weighted by atomic mass is 10.0. The molecule has 0 fully saturated rings. The molecule has 0 aliphatic heterocycles. The summed E-state index contributed by atoms with van der Waals surface area (Å²) in [5.41, 5.74) is 1.70. The van der Waals surface area contributed by atoms with Gasteiger partial charge in [-0.3, -0.25) is 0 Å². The Balaban J connectivity index is 2.09. The maximum absolute atomic E-state index is 14.1. The molecule has 0 spiro atoms. The number of hydrogen-bond acceptors (Lipinski definition) is 1. The van der Waals surface area contributed by atoms with E-state index in [0.717, 1.165) is 12.0 Å². The molecule has 1 nitrogen and oxygen atoms in total. The quantitative estimate of drug-likeness (QED) is 0.585. The second kappa shape index (κ2) is 8.57. The van der Waals surface area contributed by atoms with Crippen LogP contribution in [0.4, 0.5) is 13.2 Å². The highest BCUT2D eigenvalue weighted by atomic mass is 19.2. The average molecular weight is 334 g/mol. The van der Waals surface area contributed by atoms with Crippen LogP contribution in [-0.2, 0) is 19.3 Å². The first-order valence-electron chi connectivity index (χ1n) is 8.08. The van der Waals surface area contributed by atoms with Crippen LogP contribution in [0.3, 0.4) is 0 Å². The first kappa shape index (κ1) is 18.1. The van der Waals surface area contributed by atoms with E-state index in [1.165, 1.54) is 24.5 Å². The van der Waals surface area contributed by atoms with Gasteiger partial charge in [-0.1, -0.05) is 37.6 Å². The van der Waals surface area contributed by atoms with Crippen molar-refractivity contribution in [3.8, 4) is 5.75 Å². The lowest BCUT2D eigenvalue weighted by Crippen LogP contribution is -2.00. The van der Waals surface area contributed by atoms with Gasteiger partial charge in [0.15, 0.2) is 11.6 Å². The Bertz CT molecular complexity index is 723. The van der Waals surface area contributed by atoms with Crippen LogP contribution in [0.1, 0.15) is 37.0 Å². The van der Waals surface area contributed by atoms with Gasteiger partial charge in [-0.25, -0.2) is 8.78 Å². The summed E-state index contributed by atoms with van der Waals surface area (Å²) < 4.78 is 46.9. The number of allylic oxidation sites excluding steroid dienone is 1. The van der Waals surface area contributed by atoms with E-state index in [-0.39, 0.29) is 17.1 Å². The SMILES string of the molecule is C/C=C/Oc1ccc(CCc2ccc(CCC)c(F)c2)c(F)c1F.